The Morgan fingerprint density at radius 3 is 2.65 bits per heavy atom. The highest BCUT2D eigenvalue weighted by molar-refractivity contribution is 5.90. The van der Waals surface area contributed by atoms with Gasteiger partial charge in [-0.1, -0.05) is 24.3 Å². The van der Waals surface area contributed by atoms with Gasteiger partial charge >= 0.3 is 6.09 Å². The minimum absolute atomic E-state index is 0.207. The van der Waals surface area contributed by atoms with E-state index in [1.807, 2.05) is 47.8 Å². The number of ether oxygens (including phenoxy) is 1. The summed E-state index contributed by atoms with van der Waals surface area (Å²) in [6.07, 6.45) is 2.21. The Kier molecular flexibility index (Phi) is 6.43. The van der Waals surface area contributed by atoms with Crippen molar-refractivity contribution in [3.63, 3.8) is 0 Å². The van der Waals surface area contributed by atoms with Crippen LogP contribution in [0.2, 0.25) is 0 Å². The van der Waals surface area contributed by atoms with Gasteiger partial charge in [-0.05, 0) is 29.3 Å². The van der Waals surface area contributed by atoms with Gasteiger partial charge in [-0.15, -0.1) is 0 Å². The summed E-state index contributed by atoms with van der Waals surface area (Å²) in [4.78, 5) is 39.8. The topological polar surface area (TPSA) is 105 Å². The first-order chi connectivity index (χ1) is 17.8. The predicted octanol–water partition coefficient (Wildman–Crippen LogP) is 3.21. The molecule has 2 aromatic carbocycles. The molecule has 1 aliphatic heterocycles. The smallest absolute Gasteiger partial charge is 0.414 e. The van der Waals surface area contributed by atoms with Crippen LogP contribution in [0.3, 0.4) is 0 Å². The number of cyclic esters (lactones) is 1. The molecule has 5 rings (SSSR count). The average Bonchev–Trinajstić information content (AvgIpc) is 3.46. The Hall–Kier alpha value is -4.54. The fraction of sp³-hybridized carbons (Fsp3) is 0.269. The number of nitrogens with one attached hydrogen (secondary N) is 1. The summed E-state index contributed by atoms with van der Waals surface area (Å²) in [5.74, 6) is 0.0991. The van der Waals surface area contributed by atoms with Crippen molar-refractivity contribution in [3.05, 3.63) is 66.5 Å². The average molecular weight is 504 g/mol. The molecule has 0 saturated carbocycles. The Balaban J connectivity index is 1.30. The molecule has 11 heteroatoms. The maximum absolute atomic E-state index is 15.1. The van der Waals surface area contributed by atoms with Gasteiger partial charge in [0.25, 0.3) is 0 Å². The summed E-state index contributed by atoms with van der Waals surface area (Å²) in [5, 5.41) is 2.63. The van der Waals surface area contributed by atoms with Gasteiger partial charge in [-0.25, -0.2) is 24.1 Å². The van der Waals surface area contributed by atoms with Crippen LogP contribution in [-0.2, 0) is 16.1 Å². The van der Waals surface area contributed by atoms with Crippen LogP contribution < -0.4 is 15.1 Å². The number of rotatable bonds is 7. The monoisotopic (exact) mass is 503 g/mol. The Morgan fingerprint density at radius 1 is 1.16 bits per heavy atom. The van der Waals surface area contributed by atoms with E-state index in [2.05, 4.69) is 20.3 Å². The lowest BCUT2D eigenvalue weighted by Crippen LogP contribution is -2.33. The largest absolute Gasteiger partial charge is 0.442 e. The number of carbonyl (C=O) groups excluding carboxylic acids is 2. The van der Waals surface area contributed by atoms with Crippen molar-refractivity contribution in [2.75, 3.05) is 37.0 Å². The summed E-state index contributed by atoms with van der Waals surface area (Å²) < 4.78 is 22.3. The van der Waals surface area contributed by atoms with Crippen LogP contribution in [0.5, 0.6) is 0 Å². The van der Waals surface area contributed by atoms with Crippen LogP contribution in [0.4, 0.5) is 20.7 Å². The summed E-state index contributed by atoms with van der Waals surface area (Å²) in [7, 11) is 3.82. The zero-order valence-electron chi connectivity index (χ0n) is 20.7. The van der Waals surface area contributed by atoms with Gasteiger partial charge in [0.1, 0.15) is 18.2 Å². The third kappa shape index (κ3) is 4.92. The van der Waals surface area contributed by atoms with E-state index in [4.69, 9.17) is 4.74 Å². The Labute approximate surface area is 212 Å². The Morgan fingerprint density at radius 2 is 1.95 bits per heavy atom. The number of halogens is 1. The Bertz CT molecular complexity index is 1470. The molecule has 2 aromatic heterocycles. The first-order valence-corrected chi connectivity index (χ1v) is 11.7. The van der Waals surface area contributed by atoms with Crippen molar-refractivity contribution in [2.45, 2.75) is 19.6 Å². The summed E-state index contributed by atoms with van der Waals surface area (Å²) in [6, 6.07) is 12.3. The van der Waals surface area contributed by atoms with Crippen molar-refractivity contribution in [1.29, 1.82) is 0 Å². The van der Waals surface area contributed by atoms with E-state index in [0.29, 0.717) is 23.4 Å². The molecule has 0 bridgehead atoms. The highest BCUT2D eigenvalue weighted by Crippen LogP contribution is 2.29. The number of nitrogens with zero attached hydrogens (tertiary/aromatic N) is 6. The van der Waals surface area contributed by atoms with Crippen LogP contribution >= 0.6 is 0 Å². The van der Waals surface area contributed by atoms with Gasteiger partial charge in [0, 0.05) is 26.6 Å². The number of benzene rings is 2. The van der Waals surface area contributed by atoms with Crippen molar-refractivity contribution < 1.29 is 18.7 Å². The molecule has 0 unspecified atom stereocenters. The van der Waals surface area contributed by atoms with Gasteiger partial charge in [-0.3, -0.25) is 9.69 Å². The molecule has 1 saturated heterocycles. The number of carbonyl (C=O) groups is 2. The van der Waals surface area contributed by atoms with E-state index < -0.39 is 18.0 Å². The fourth-order valence-corrected chi connectivity index (χ4v) is 4.30. The highest BCUT2D eigenvalue weighted by atomic mass is 19.1. The maximum Gasteiger partial charge on any atom is 0.414 e. The number of amides is 2. The molecule has 4 aromatic rings. The molecule has 3 heterocycles. The van der Waals surface area contributed by atoms with E-state index in [9.17, 15) is 9.59 Å². The van der Waals surface area contributed by atoms with Crippen molar-refractivity contribution in [2.24, 2.45) is 0 Å². The van der Waals surface area contributed by atoms with E-state index in [-0.39, 0.29) is 19.0 Å². The van der Waals surface area contributed by atoms with Crippen molar-refractivity contribution in [1.82, 2.24) is 24.8 Å². The van der Waals surface area contributed by atoms with Gasteiger partial charge in [-0.2, -0.15) is 0 Å². The molecule has 190 valence electrons. The van der Waals surface area contributed by atoms with Gasteiger partial charge in [0.15, 0.2) is 17.0 Å². The van der Waals surface area contributed by atoms with Crippen LogP contribution in [0.1, 0.15) is 12.5 Å². The van der Waals surface area contributed by atoms with Crippen LogP contribution in [0, 0.1) is 5.82 Å². The molecule has 0 spiro atoms. The molecule has 1 fully saturated rings. The van der Waals surface area contributed by atoms with Crippen molar-refractivity contribution >= 4 is 34.7 Å². The molecule has 0 radical (unpaired) electrons. The van der Waals surface area contributed by atoms with Crippen LogP contribution in [0.15, 0.2) is 55.1 Å². The molecule has 37 heavy (non-hydrogen) atoms. The number of anilines is 2. The molecule has 1 atom stereocenters. The number of imidazole rings is 1. The molecule has 1 N–H and O–H groups in total. The molecule has 1 aliphatic rings. The maximum atomic E-state index is 15.1. The predicted molar refractivity (Wildman–Crippen MR) is 137 cm³/mol. The summed E-state index contributed by atoms with van der Waals surface area (Å²) >= 11 is 0. The molecule has 2 amide bonds. The third-order valence-corrected chi connectivity index (χ3v) is 6.14. The molecule has 0 aliphatic carbocycles. The number of hydrogen-bond acceptors (Lipinski definition) is 7. The van der Waals surface area contributed by atoms with E-state index >= 15 is 4.39 Å². The van der Waals surface area contributed by atoms with Crippen LogP contribution in [0.25, 0.3) is 22.3 Å². The van der Waals surface area contributed by atoms with Gasteiger partial charge < -0.3 is 19.5 Å². The van der Waals surface area contributed by atoms with Crippen molar-refractivity contribution in [3.8, 4) is 11.1 Å². The van der Waals surface area contributed by atoms with Gasteiger partial charge in [0.05, 0.1) is 31.6 Å². The SMILES string of the molecule is CC(=O)NC[C@H]1CN(c2ccc(-c3ccc(Cn4cnc5c(N(C)C)ncnc54)cc3)c(F)c2)C(=O)O1. The van der Waals surface area contributed by atoms with E-state index in [1.54, 1.807) is 18.5 Å². The first-order valence-electron chi connectivity index (χ1n) is 11.7. The van der Waals surface area contributed by atoms with E-state index in [0.717, 1.165) is 22.5 Å². The first kappa shape index (κ1) is 24.2. The third-order valence-electron chi connectivity index (χ3n) is 6.14. The van der Waals surface area contributed by atoms with E-state index in [1.165, 1.54) is 24.2 Å². The number of aromatic nitrogens is 4. The molecule has 10 nitrogen and oxygen atoms in total. The zero-order chi connectivity index (χ0) is 26.1. The second kappa shape index (κ2) is 9.84. The number of hydrogen-bond donors (Lipinski definition) is 1. The lowest BCUT2D eigenvalue weighted by molar-refractivity contribution is -0.119. The highest BCUT2D eigenvalue weighted by Gasteiger charge is 2.32. The minimum atomic E-state index is -0.568. The normalized spacial score (nSPS) is 15.2. The molecular weight excluding hydrogens is 477 g/mol. The summed E-state index contributed by atoms with van der Waals surface area (Å²) in [5.41, 5.74) is 4.02. The fourth-order valence-electron chi connectivity index (χ4n) is 4.30. The standard InChI is InChI=1S/C26H26FN7O3/c1-16(35)28-11-20-13-34(26(36)37-20)19-8-9-21(22(27)10-19)18-6-4-17(5-7-18)12-33-15-31-23-24(32(2)3)29-14-30-25(23)33/h4-10,14-15,20H,11-13H2,1-3H3,(H,28,35)/t20-/m0/s1. The summed E-state index contributed by atoms with van der Waals surface area (Å²) in [6.45, 7) is 2.39. The lowest BCUT2D eigenvalue weighted by atomic mass is 10.0. The lowest BCUT2D eigenvalue weighted by Gasteiger charge is -2.15. The van der Waals surface area contributed by atoms with Gasteiger partial charge in [0.2, 0.25) is 5.91 Å². The number of fused-ring (bicyclic) bond motifs is 1. The zero-order valence-corrected chi connectivity index (χ0v) is 20.7. The second-order valence-corrected chi connectivity index (χ2v) is 9.05. The minimum Gasteiger partial charge on any atom is -0.442 e. The quantitative estimate of drug-likeness (QED) is 0.413. The van der Waals surface area contributed by atoms with Crippen LogP contribution in [-0.4, -0.2) is 64.8 Å². The molecular formula is C26H26FN7O3. The second-order valence-electron chi connectivity index (χ2n) is 9.05.